The van der Waals surface area contributed by atoms with Gasteiger partial charge < -0.3 is 4.98 Å². The summed E-state index contributed by atoms with van der Waals surface area (Å²) in [6.07, 6.45) is 3.94. The minimum absolute atomic E-state index is 0. The molecule has 2 nitrogen and oxygen atoms in total. The number of rotatable bonds is 4. The zero-order chi connectivity index (χ0) is 31.7. The maximum Gasteiger partial charge on any atom is 0 e. The summed E-state index contributed by atoms with van der Waals surface area (Å²) in [5.74, 6) is 6.92. The van der Waals surface area contributed by atoms with E-state index in [-0.39, 0.29) is 25.9 Å². The van der Waals surface area contributed by atoms with Gasteiger partial charge in [0.1, 0.15) is 5.82 Å². The Kier molecular flexibility index (Phi) is 9.81. The van der Waals surface area contributed by atoms with E-state index < -0.39 is 13.3 Å². The van der Waals surface area contributed by atoms with Gasteiger partial charge >= 0.3 is 99.8 Å². The first-order chi connectivity index (χ1) is 22.3. The molecule has 0 N–H and O–H groups in total. The summed E-state index contributed by atoms with van der Waals surface area (Å²) >= 11 is -0.142. The number of hydrogen-bond acceptors (Lipinski definition) is 3. The average molecular weight is 868 g/mol. The molecule has 3 heterocycles. The molecular weight excluding hydrogens is 836 g/mol. The van der Waals surface area contributed by atoms with Gasteiger partial charge in [-0.15, -0.1) is 23.8 Å². The van der Waals surface area contributed by atoms with E-state index in [2.05, 4.69) is 81.8 Å². The average Bonchev–Trinajstić information content (AvgIpc) is 3.46. The van der Waals surface area contributed by atoms with Crippen LogP contribution in [0.25, 0.3) is 64.6 Å². The molecule has 0 saturated heterocycles. The molecule has 1 radical (unpaired) electrons. The third kappa shape index (κ3) is 7.14. The second-order valence-corrected chi connectivity index (χ2v) is 24.0. The van der Waals surface area contributed by atoms with E-state index in [4.69, 9.17) is 0 Å². The van der Waals surface area contributed by atoms with E-state index in [1.807, 2.05) is 79.1 Å². The van der Waals surface area contributed by atoms with Crippen LogP contribution < -0.4 is 4.40 Å². The van der Waals surface area contributed by atoms with Gasteiger partial charge in [0.05, 0.1) is 0 Å². The van der Waals surface area contributed by atoms with Crippen molar-refractivity contribution in [3.8, 4) is 33.6 Å². The molecule has 0 fully saturated rings. The van der Waals surface area contributed by atoms with Crippen molar-refractivity contribution < 1.29 is 24.5 Å². The van der Waals surface area contributed by atoms with Crippen LogP contribution in [0.4, 0.5) is 4.39 Å². The smallest absolute Gasteiger partial charge is 0 e. The molecule has 0 spiro atoms. The minimum atomic E-state index is -1.72. The number of nitrogens with zero attached hydrogens (tertiary/aromatic N) is 2. The van der Waals surface area contributed by atoms with Gasteiger partial charge in [-0.25, -0.2) is 4.39 Å². The van der Waals surface area contributed by atoms with Gasteiger partial charge in [-0.2, -0.15) is 11.3 Å². The molecule has 8 rings (SSSR count). The molecule has 6 heteroatoms. The molecule has 233 valence electrons. The molecule has 0 unspecified atom stereocenters. The van der Waals surface area contributed by atoms with Crippen molar-refractivity contribution in [3.63, 3.8) is 0 Å². The number of fused-ring (bicyclic) bond motifs is 4. The normalized spacial score (nSPS) is 11.2. The molecule has 5 aromatic carbocycles. The van der Waals surface area contributed by atoms with Crippen LogP contribution in [0.1, 0.15) is 0 Å². The Morgan fingerprint density at radius 3 is 2.15 bits per heavy atom. The maximum absolute atomic E-state index is 14.4. The minimum Gasteiger partial charge on any atom is 0 e. The Bertz CT molecular complexity index is 2300. The molecule has 0 atom stereocenters. The molecule has 3 aromatic heterocycles. The Balaban J connectivity index is 0.000000194. The summed E-state index contributed by atoms with van der Waals surface area (Å²) in [7, 11) is 0. The van der Waals surface area contributed by atoms with Crippen molar-refractivity contribution >= 4 is 59.9 Å². The standard InChI is InChI=1S/C27H15FNS.C14H16GeN.Ir/c28-21-14-23(17-6-2-1-3-7-17)27-22-11-10-19(13-25(22)30-26(27)15-21)24-12-18-8-4-5-9-20(18)16-29-24;1-15(2,3)13-9-10-14(16-11-13)12-7-5-4-6-8-12;/h1-12,14-16H;4-7,9-11H,1-3H3;/q2*-1;. The van der Waals surface area contributed by atoms with Crippen LogP contribution in [0.2, 0.25) is 17.3 Å². The van der Waals surface area contributed by atoms with Crippen LogP contribution in [0.5, 0.6) is 0 Å². The number of hydrogen-bond donors (Lipinski definition) is 0. The van der Waals surface area contributed by atoms with Crippen molar-refractivity contribution in [1.29, 1.82) is 0 Å². The van der Waals surface area contributed by atoms with E-state index in [1.165, 1.54) is 4.40 Å². The zero-order valence-electron chi connectivity index (χ0n) is 26.2. The van der Waals surface area contributed by atoms with Crippen molar-refractivity contribution in [2.24, 2.45) is 0 Å². The predicted molar refractivity (Wildman–Crippen MR) is 196 cm³/mol. The van der Waals surface area contributed by atoms with E-state index in [9.17, 15) is 4.39 Å². The third-order valence-electron chi connectivity index (χ3n) is 8.06. The van der Waals surface area contributed by atoms with Gasteiger partial charge in [0.2, 0.25) is 0 Å². The molecule has 0 aliphatic carbocycles. The number of thiophene rings is 1. The van der Waals surface area contributed by atoms with Gasteiger partial charge in [-0.3, -0.25) is 0 Å². The fraction of sp³-hybridized carbons (Fsp3) is 0.0732. The van der Waals surface area contributed by atoms with Gasteiger partial charge in [0.15, 0.2) is 0 Å². The largest absolute Gasteiger partial charge is 0 e. The Morgan fingerprint density at radius 2 is 1.43 bits per heavy atom. The molecule has 0 bridgehead atoms. The SMILES string of the molecule is Fc1cc(-c2ccccc2)c2c(c1)sc1[c-]c(-c3cc4ccccc4cn3)ccc12.[CH3][Ge]([CH3])([CH3])[c]1ccc(-c2[c-]cccc2)nc1.[Ir]. The first-order valence-electron chi connectivity index (χ1n) is 15.3. The first kappa shape index (κ1) is 32.9. The van der Waals surface area contributed by atoms with E-state index in [1.54, 1.807) is 23.5 Å². The first-order valence-corrected chi connectivity index (χ1v) is 23.4. The summed E-state index contributed by atoms with van der Waals surface area (Å²) in [5, 5.41) is 4.45. The van der Waals surface area contributed by atoms with Crippen LogP contribution in [0.3, 0.4) is 0 Å². The van der Waals surface area contributed by atoms with Crippen molar-refractivity contribution in [2.45, 2.75) is 17.3 Å². The number of aromatic nitrogens is 2. The summed E-state index contributed by atoms with van der Waals surface area (Å²) in [6.45, 7) is 0. The third-order valence-corrected chi connectivity index (χ3v) is 13.4. The molecule has 0 aliphatic heterocycles. The molecule has 47 heavy (non-hydrogen) atoms. The summed E-state index contributed by atoms with van der Waals surface area (Å²) in [5.41, 5.74) is 5.85. The Hall–Kier alpha value is -4.00. The van der Waals surface area contributed by atoms with Crippen LogP contribution in [0, 0.1) is 17.9 Å². The van der Waals surface area contributed by atoms with Gasteiger partial charge in [-0.1, -0.05) is 66.0 Å². The van der Waals surface area contributed by atoms with Crippen LogP contribution in [-0.2, 0) is 20.1 Å². The maximum atomic E-state index is 14.4. The second-order valence-electron chi connectivity index (χ2n) is 12.3. The molecule has 8 aromatic rings. The monoisotopic (exact) mass is 869 g/mol. The molecule has 0 saturated carbocycles. The topological polar surface area (TPSA) is 25.8 Å². The number of benzene rings is 5. The van der Waals surface area contributed by atoms with E-state index in [0.29, 0.717) is 0 Å². The van der Waals surface area contributed by atoms with Crippen molar-refractivity contribution in [1.82, 2.24) is 9.97 Å². The number of halogens is 1. The van der Waals surface area contributed by atoms with E-state index in [0.717, 1.165) is 64.6 Å². The van der Waals surface area contributed by atoms with Gasteiger partial charge in [0.25, 0.3) is 0 Å². The van der Waals surface area contributed by atoms with Crippen LogP contribution in [0.15, 0.2) is 134 Å². The second kappa shape index (κ2) is 14.0. The zero-order valence-corrected chi connectivity index (χ0v) is 31.5. The summed E-state index contributed by atoms with van der Waals surface area (Å²) < 4.78 is 17.8. The fourth-order valence-corrected chi connectivity index (χ4v) is 8.90. The predicted octanol–water partition coefficient (Wildman–Crippen LogP) is 11.0. The van der Waals surface area contributed by atoms with E-state index >= 15 is 0 Å². The Morgan fingerprint density at radius 1 is 0.681 bits per heavy atom. The molecular formula is C41H31FGeIrN2S-2. The quantitative estimate of drug-likeness (QED) is 0.130. The van der Waals surface area contributed by atoms with Crippen LogP contribution in [-0.4, -0.2) is 23.2 Å². The summed E-state index contributed by atoms with van der Waals surface area (Å²) in [4.78, 5) is 9.16. The fourth-order valence-electron chi connectivity index (χ4n) is 5.58. The number of pyridine rings is 2. The van der Waals surface area contributed by atoms with Crippen molar-refractivity contribution in [3.05, 3.63) is 152 Å². The van der Waals surface area contributed by atoms with Crippen molar-refractivity contribution in [2.75, 3.05) is 0 Å². The van der Waals surface area contributed by atoms with Gasteiger partial charge in [-0.05, 0) is 49.8 Å². The Labute approximate surface area is 295 Å². The van der Waals surface area contributed by atoms with Crippen LogP contribution >= 0.6 is 11.3 Å². The molecule has 0 amide bonds. The summed E-state index contributed by atoms with van der Waals surface area (Å²) in [6, 6.07) is 46.7. The molecule has 0 aliphatic rings. The van der Waals surface area contributed by atoms with Gasteiger partial charge in [0, 0.05) is 31.0 Å².